The number of benzene rings is 1. The zero-order valence-corrected chi connectivity index (χ0v) is 11.9. The Morgan fingerprint density at radius 2 is 2.06 bits per heavy atom. The van der Waals surface area contributed by atoms with Crippen LogP contribution >= 0.6 is 35.0 Å². The average molecular weight is 294 g/mol. The molecule has 0 saturated carbocycles. The van der Waals surface area contributed by atoms with Crippen LogP contribution in [0.2, 0.25) is 10.0 Å². The molecular weight excluding hydrogens is 277 g/mol. The molecule has 17 heavy (non-hydrogen) atoms. The van der Waals surface area contributed by atoms with Crippen molar-refractivity contribution in [1.29, 1.82) is 0 Å². The van der Waals surface area contributed by atoms with E-state index in [-0.39, 0.29) is 6.61 Å². The Morgan fingerprint density at radius 1 is 1.24 bits per heavy atom. The number of rotatable bonds is 8. The summed E-state index contributed by atoms with van der Waals surface area (Å²) in [7, 11) is 0. The smallest absolute Gasteiger partial charge is 0.0451 e. The van der Waals surface area contributed by atoms with Gasteiger partial charge in [0.2, 0.25) is 0 Å². The first-order chi connectivity index (χ1) is 8.24. The Hall–Kier alpha value is 0.0700. The summed E-state index contributed by atoms with van der Waals surface area (Å²) in [6.07, 6.45) is 0.866. The molecule has 0 aromatic heterocycles. The first-order valence-electron chi connectivity index (χ1n) is 5.57. The van der Waals surface area contributed by atoms with Crippen molar-refractivity contribution in [2.24, 2.45) is 0 Å². The van der Waals surface area contributed by atoms with Gasteiger partial charge >= 0.3 is 0 Å². The molecule has 1 rings (SSSR count). The average Bonchev–Trinajstić information content (AvgIpc) is 2.32. The lowest BCUT2D eigenvalue weighted by molar-refractivity contribution is 0.296. The molecule has 0 heterocycles. The molecule has 0 amide bonds. The van der Waals surface area contributed by atoms with E-state index in [0.29, 0.717) is 5.02 Å². The molecule has 0 unspecified atom stereocenters. The fourth-order valence-electron chi connectivity index (χ4n) is 1.31. The highest BCUT2D eigenvalue weighted by molar-refractivity contribution is 7.99. The van der Waals surface area contributed by atoms with Gasteiger partial charge in [0, 0.05) is 35.5 Å². The first kappa shape index (κ1) is 15.1. The van der Waals surface area contributed by atoms with E-state index < -0.39 is 0 Å². The molecule has 2 N–H and O–H groups in total. The number of halogens is 2. The van der Waals surface area contributed by atoms with Crippen molar-refractivity contribution >= 4 is 35.0 Å². The van der Waals surface area contributed by atoms with Crippen LogP contribution in [0.5, 0.6) is 0 Å². The number of aliphatic hydroxyl groups excluding tert-OH is 1. The van der Waals surface area contributed by atoms with Crippen LogP contribution in [0.15, 0.2) is 18.2 Å². The Bertz CT molecular complexity index is 336. The van der Waals surface area contributed by atoms with Crippen molar-refractivity contribution in [1.82, 2.24) is 5.32 Å². The van der Waals surface area contributed by atoms with E-state index in [2.05, 4.69) is 5.32 Å². The van der Waals surface area contributed by atoms with E-state index >= 15 is 0 Å². The van der Waals surface area contributed by atoms with Gasteiger partial charge in [0.25, 0.3) is 0 Å². The third kappa shape index (κ3) is 6.53. The van der Waals surface area contributed by atoms with Crippen LogP contribution in [-0.2, 0) is 6.54 Å². The summed E-state index contributed by atoms with van der Waals surface area (Å²) in [5.41, 5.74) is 1.03. The molecule has 2 nitrogen and oxygen atoms in total. The molecule has 5 heteroatoms. The Balaban J connectivity index is 2.15. The molecule has 0 saturated heterocycles. The van der Waals surface area contributed by atoms with Gasteiger partial charge in [-0.15, -0.1) is 0 Å². The highest BCUT2D eigenvalue weighted by atomic mass is 35.5. The second-order valence-corrected chi connectivity index (χ2v) is 5.67. The Kier molecular flexibility index (Phi) is 8.06. The predicted molar refractivity (Wildman–Crippen MR) is 77.2 cm³/mol. The highest BCUT2D eigenvalue weighted by Crippen LogP contribution is 2.20. The molecule has 1 aromatic rings. The highest BCUT2D eigenvalue weighted by Gasteiger charge is 2.00. The maximum atomic E-state index is 8.62. The summed E-state index contributed by atoms with van der Waals surface area (Å²) in [6, 6.07) is 5.49. The normalized spacial score (nSPS) is 10.8. The monoisotopic (exact) mass is 293 g/mol. The van der Waals surface area contributed by atoms with Crippen LogP contribution in [-0.4, -0.2) is 29.8 Å². The predicted octanol–water partition coefficient (Wildman–Crippen LogP) is 3.20. The van der Waals surface area contributed by atoms with Gasteiger partial charge in [0.05, 0.1) is 0 Å². The third-order valence-corrected chi connectivity index (χ3v) is 3.87. The lowest BCUT2D eigenvalue weighted by atomic mass is 10.2. The van der Waals surface area contributed by atoms with Gasteiger partial charge in [0.1, 0.15) is 0 Å². The number of aliphatic hydroxyl groups is 1. The third-order valence-electron chi connectivity index (χ3n) is 2.19. The van der Waals surface area contributed by atoms with E-state index in [4.69, 9.17) is 28.3 Å². The summed E-state index contributed by atoms with van der Waals surface area (Å²) in [6.45, 7) is 1.94. The lowest BCUT2D eigenvalue weighted by Gasteiger charge is -2.07. The fourth-order valence-corrected chi connectivity index (χ4v) is 2.52. The Morgan fingerprint density at radius 3 is 2.82 bits per heavy atom. The Labute approximate surface area is 117 Å². The van der Waals surface area contributed by atoms with Gasteiger partial charge in [-0.2, -0.15) is 11.8 Å². The topological polar surface area (TPSA) is 32.3 Å². The van der Waals surface area contributed by atoms with Crippen LogP contribution in [0.25, 0.3) is 0 Å². The van der Waals surface area contributed by atoms with Crippen molar-refractivity contribution in [3.8, 4) is 0 Å². The molecule has 0 aliphatic rings. The van der Waals surface area contributed by atoms with Gasteiger partial charge in [-0.25, -0.2) is 0 Å². The molecular formula is C12H17Cl2NOS. The summed E-state index contributed by atoms with van der Waals surface area (Å²) in [5, 5.41) is 13.4. The molecule has 0 aliphatic carbocycles. The fraction of sp³-hybridized carbons (Fsp3) is 0.500. The summed E-state index contributed by atoms with van der Waals surface area (Å²) in [5.74, 6) is 2.05. The van der Waals surface area contributed by atoms with Crippen molar-refractivity contribution in [2.75, 3.05) is 24.7 Å². The van der Waals surface area contributed by atoms with Crippen LogP contribution in [0, 0.1) is 0 Å². The maximum absolute atomic E-state index is 8.62. The summed E-state index contributed by atoms with van der Waals surface area (Å²) < 4.78 is 0. The van der Waals surface area contributed by atoms with Crippen LogP contribution < -0.4 is 5.32 Å². The van der Waals surface area contributed by atoms with Crippen LogP contribution in [0.3, 0.4) is 0 Å². The molecule has 0 atom stereocenters. The van der Waals surface area contributed by atoms with Crippen LogP contribution in [0.1, 0.15) is 12.0 Å². The van der Waals surface area contributed by atoms with Crippen molar-refractivity contribution < 1.29 is 5.11 Å². The zero-order chi connectivity index (χ0) is 12.5. The lowest BCUT2D eigenvalue weighted by Crippen LogP contribution is -2.17. The first-order valence-corrected chi connectivity index (χ1v) is 7.48. The van der Waals surface area contributed by atoms with E-state index in [0.717, 1.165) is 41.6 Å². The minimum atomic E-state index is 0.276. The largest absolute Gasteiger partial charge is 0.396 e. The molecule has 0 fully saturated rings. The quantitative estimate of drug-likeness (QED) is 0.722. The summed E-state index contributed by atoms with van der Waals surface area (Å²) in [4.78, 5) is 0. The van der Waals surface area contributed by atoms with Crippen molar-refractivity contribution in [2.45, 2.75) is 13.0 Å². The minimum absolute atomic E-state index is 0.276. The number of hydrogen-bond acceptors (Lipinski definition) is 3. The van der Waals surface area contributed by atoms with Gasteiger partial charge in [0.15, 0.2) is 0 Å². The van der Waals surface area contributed by atoms with Gasteiger partial charge in [-0.3, -0.25) is 0 Å². The minimum Gasteiger partial charge on any atom is -0.396 e. The molecule has 0 spiro atoms. The van der Waals surface area contributed by atoms with E-state index in [9.17, 15) is 0 Å². The SMILES string of the molecule is OCCCSCCNCc1cc(Cl)ccc1Cl. The van der Waals surface area contributed by atoms with E-state index in [1.807, 2.05) is 23.9 Å². The molecule has 96 valence electrons. The number of hydrogen-bond donors (Lipinski definition) is 2. The van der Waals surface area contributed by atoms with Crippen molar-refractivity contribution in [3.05, 3.63) is 33.8 Å². The molecule has 1 aromatic carbocycles. The standard InChI is InChI=1S/C12H17Cl2NOS/c13-11-2-3-12(14)10(8-11)9-15-4-7-17-6-1-5-16/h2-3,8,15-16H,1,4-7,9H2. The summed E-state index contributed by atoms with van der Waals surface area (Å²) >= 11 is 13.8. The van der Waals surface area contributed by atoms with Gasteiger partial charge in [-0.1, -0.05) is 23.2 Å². The van der Waals surface area contributed by atoms with E-state index in [1.54, 1.807) is 6.07 Å². The molecule has 0 bridgehead atoms. The second-order valence-electron chi connectivity index (χ2n) is 3.60. The second kappa shape index (κ2) is 9.06. The number of nitrogens with one attached hydrogen (secondary N) is 1. The molecule has 0 aliphatic heterocycles. The maximum Gasteiger partial charge on any atom is 0.0451 e. The van der Waals surface area contributed by atoms with E-state index in [1.165, 1.54) is 0 Å². The zero-order valence-electron chi connectivity index (χ0n) is 9.59. The van der Waals surface area contributed by atoms with Crippen molar-refractivity contribution in [3.63, 3.8) is 0 Å². The molecule has 0 radical (unpaired) electrons. The van der Waals surface area contributed by atoms with Gasteiger partial charge < -0.3 is 10.4 Å². The van der Waals surface area contributed by atoms with Gasteiger partial charge in [-0.05, 0) is 35.9 Å². The number of thioether (sulfide) groups is 1. The van der Waals surface area contributed by atoms with Crippen LogP contribution in [0.4, 0.5) is 0 Å².